The number of rotatable bonds is 9. The number of nitrogens with zero attached hydrogens (tertiary/aromatic N) is 1. The van der Waals surface area contributed by atoms with Gasteiger partial charge in [0.05, 0.1) is 21.9 Å². The monoisotopic (exact) mass is 495 g/mol. The third-order valence-corrected chi connectivity index (χ3v) is 7.59. The maximum Gasteiger partial charge on any atom is 0.212 e. The van der Waals surface area contributed by atoms with Gasteiger partial charge in [-0.05, 0) is 49.1 Å². The predicted molar refractivity (Wildman–Crippen MR) is 132 cm³/mol. The lowest BCUT2D eigenvalue weighted by Crippen LogP contribution is -2.34. The number of aromatic nitrogens is 1. The molecule has 0 radical (unpaired) electrons. The zero-order valence-corrected chi connectivity index (χ0v) is 20.6. The lowest BCUT2D eigenvalue weighted by molar-refractivity contribution is 0.300. The van der Waals surface area contributed by atoms with E-state index in [9.17, 15) is 8.42 Å². The third-order valence-electron chi connectivity index (χ3n) is 5.22. The number of hydrogen-bond donors (Lipinski definition) is 2. The van der Waals surface area contributed by atoms with E-state index in [4.69, 9.17) is 33.1 Å². The van der Waals surface area contributed by atoms with Gasteiger partial charge < -0.3 is 10.1 Å². The van der Waals surface area contributed by atoms with Gasteiger partial charge in [-0.25, -0.2) is 18.5 Å². The Morgan fingerprint density at radius 1 is 1.12 bits per heavy atom. The number of para-hydroxylation sites is 1. The first-order valence-electron chi connectivity index (χ1n) is 10.3. The average Bonchev–Trinajstić information content (AvgIpc) is 2.70. The minimum Gasteiger partial charge on any atom is -0.491 e. The van der Waals surface area contributed by atoms with Gasteiger partial charge in [-0.2, -0.15) is 0 Å². The second-order valence-corrected chi connectivity index (χ2v) is 10.7. The minimum atomic E-state index is -3.64. The highest BCUT2D eigenvalue weighted by atomic mass is 35.5. The summed E-state index contributed by atoms with van der Waals surface area (Å²) in [5, 5.41) is 10.1. The van der Waals surface area contributed by atoms with Gasteiger partial charge in [-0.15, -0.1) is 0 Å². The quantitative estimate of drug-likeness (QED) is 0.406. The number of nitrogens with one attached hydrogen (secondary N) is 1. The van der Waals surface area contributed by atoms with E-state index in [1.807, 2.05) is 57.2 Å². The van der Waals surface area contributed by atoms with E-state index < -0.39 is 15.3 Å². The van der Waals surface area contributed by atoms with Gasteiger partial charge in [0.25, 0.3) is 0 Å². The maximum atomic E-state index is 11.8. The number of benzene rings is 2. The Kier molecular flexibility index (Phi) is 7.88. The van der Waals surface area contributed by atoms with Crippen molar-refractivity contribution in [2.24, 2.45) is 11.1 Å². The number of anilines is 1. The first-order chi connectivity index (χ1) is 15.1. The van der Waals surface area contributed by atoms with Crippen molar-refractivity contribution in [2.45, 2.75) is 39.0 Å². The van der Waals surface area contributed by atoms with Gasteiger partial charge in [0, 0.05) is 23.3 Å². The normalized spacial score (nSPS) is 12.8. The van der Waals surface area contributed by atoms with E-state index in [0.29, 0.717) is 34.3 Å². The summed E-state index contributed by atoms with van der Waals surface area (Å²) in [5.74, 6) is 0.499. The number of fused-ring (bicyclic) bond motifs is 1. The van der Waals surface area contributed by atoms with Gasteiger partial charge in [0.2, 0.25) is 10.0 Å². The molecule has 0 aliphatic carbocycles. The number of aryl methyl sites for hydroxylation is 1. The molecule has 0 amide bonds. The summed E-state index contributed by atoms with van der Waals surface area (Å²) < 4.78 is 29.6. The fourth-order valence-electron chi connectivity index (χ4n) is 3.62. The molecule has 0 saturated carbocycles. The predicted octanol–water partition coefficient (Wildman–Crippen LogP) is 5.54. The molecule has 3 aromatic rings. The molecule has 0 saturated heterocycles. The smallest absolute Gasteiger partial charge is 0.212 e. The van der Waals surface area contributed by atoms with E-state index in [-0.39, 0.29) is 12.5 Å². The van der Waals surface area contributed by atoms with Crippen LogP contribution in [0.4, 0.5) is 5.69 Å². The molecule has 1 heterocycles. The van der Waals surface area contributed by atoms with E-state index in [1.54, 1.807) is 6.07 Å². The molecule has 0 bridgehead atoms. The Morgan fingerprint density at radius 2 is 1.88 bits per heavy atom. The molecule has 0 aliphatic rings. The van der Waals surface area contributed by atoms with Gasteiger partial charge in [0.15, 0.2) is 0 Å². The number of hydrogen-bond acceptors (Lipinski definition) is 5. The summed E-state index contributed by atoms with van der Waals surface area (Å²) in [6.07, 6.45) is 0.307. The average molecular weight is 496 g/mol. The van der Waals surface area contributed by atoms with Crippen LogP contribution in [0, 0.1) is 12.8 Å². The van der Waals surface area contributed by atoms with Crippen molar-refractivity contribution in [3.8, 4) is 5.75 Å². The Labute approximate surface area is 199 Å². The van der Waals surface area contributed by atoms with Crippen molar-refractivity contribution in [3.05, 3.63) is 63.8 Å². The largest absolute Gasteiger partial charge is 0.491 e. The number of halogens is 2. The Bertz CT molecular complexity index is 1220. The molecule has 172 valence electrons. The Morgan fingerprint density at radius 3 is 2.53 bits per heavy atom. The number of nitrogens with two attached hydrogens (primary N) is 1. The number of ether oxygens (including phenoxy) is 1. The number of pyridine rings is 1. The second-order valence-electron chi connectivity index (χ2n) is 8.07. The summed E-state index contributed by atoms with van der Waals surface area (Å²) in [6.45, 7) is 6.37. The highest BCUT2D eigenvalue weighted by Gasteiger charge is 2.25. The highest BCUT2D eigenvalue weighted by molar-refractivity contribution is 7.89. The molecular weight excluding hydrogens is 469 g/mol. The summed E-state index contributed by atoms with van der Waals surface area (Å²) in [6, 6.07) is 13.2. The van der Waals surface area contributed by atoms with Crippen LogP contribution in [0.5, 0.6) is 5.75 Å². The molecule has 0 fully saturated rings. The summed E-state index contributed by atoms with van der Waals surface area (Å²) >= 11 is 12.1. The van der Waals surface area contributed by atoms with Crippen molar-refractivity contribution in [1.29, 1.82) is 0 Å². The second kappa shape index (κ2) is 10.3. The van der Waals surface area contributed by atoms with Crippen LogP contribution in [0.1, 0.15) is 31.5 Å². The van der Waals surface area contributed by atoms with Crippen LogP contribution in [0.15, 0.2) is 42.5 Å². The van der Waals surface area contributed by atoms with Crippen LogP contribution in [0.25, 0.3) is 10.9 Å². The molecule has 1 unspecified atom stereocenters. The van der Waals surface area contributed by atoms with Crippen LogP contribution in [0.2, 0.25) is 10.0 Å². The zero-order valence-electron chi connectivity index (χ0n) is 18.2. The van der Waals surface area contributed by atoms with E-state index in [1.165, 1.54) is 0 Å². The zero-order chi connectivity index (χ0) is 23.5. The highest BCUT2D eigenvalue weighted by Crippen LogP contribution is 2.31. The molecule has 32 heavy (non-hydrogen) atoms. The molecule has 3 rings (SSSR count). The molecule has 0 spiro atoms. The molecule has 9 heteroatoms. The fraction of sp³-hybridized carbons (Fsp3) is 0.348. The standard InChI is InChI=1S/C23H27Cl2N3O3S/c1-14(2)22(32(26,29)30)9-10-31-21-6-4-5-17-20(11-15(3)28-23(17)21)27-13-16-7-8-18(24)19(25)12-16/h4-8,11-12,14,22H,9-10,13H2,1-3H3,(H,27,28)(H2,26,29,30). The van der Waals surface area contributed by atoms with Crippen LogP contribution in [0.3, 0.4) is 0 Å². The topological polar surface area (TPSA) is 94.3 Å². The van der Waals surface area contributed by atoms with Crippen LogP contribution in [-0.4, -0.2) is 25.3 Å². The van der Waals surface area contributed by atoms with Gasteiger partial charge in [-0.3, -0.25) is 0 Å². The molecule has 6 nitrogen and oxygen atoms in total. The first kappa shape index (κ1) is 24.6. The van der Waals surface area contributed by atoms with E-state index in [2.05, 4.69) is 10.3 Å². The number of sulfonamides is 1. The lowest BCUT2D eigenvalue weighted by atomic mass is 10.1. The lowest BCUT2D eigenvalue weighted by Gasteiger charge is -2.19. The fourth-order valence-corrected chi connectivity index (χ4v) is 5.13. The maximum absolute atomic E-state index is 11.8. The third kappa shape index (κ3) is 6.04. The Hall–Kier alpha value is -2.06. The van der Waals surface area contributed by atoms with Crippen molar-refractivity contribution in [1.82, 2.24) is 4.98 Å². The van der Waals surface area contributed by atoms with Crippen molar-refractivity contribution in [3.63, 3.8) is 0 Å². The van der Waals surface area contributed by atoms with Gasteiger partial charge in [-0.1, -0.05) is 55.2 Å². The van der Waals surface area contributed by atoms with Crippen LogP contribution >= 0.6 is 23.2 Å². The van der Waals surface area contributed by atoms with Crippen molar-refractivity contribution < 1.29 is 13.2 Å². The summed E-state index contributed by atoms with van der Waals surface area (Å²) in [7, 11) is -3.64. The molecule has 0 aliphatic heterocycles. The van der Waals surface area contributed by atoms with Crippen molar-refractivity contribution in [2.75, 3.05) is 11.9 Å². The van der Waals surface area contributed by atoms with Crippen molar-refractivity contribution >= 4 is 49.8 Å². The van der Waals surface area contributed by atoms with Crippen LogP contribution < -0.4 is 15.2 Å². The Balaban J connectivity index is 1.81. The molecule has 3 N–H and O–H groups in total. The summed E-state index contributed by atoms with van der Waals surface area (Å²) in [5.41, 5.74) is 3.45. The molecule has 1 atom stereocenters. The van der Waals surface area contributed by atoms with Gasteiger partial charge >= 0.3 is 0 Å². The first-order valence-corrected chi connectivity index (χ1v) is 12.7. The minimum absolute atomic E-state index is 0.0985. The van der Waals surface area contributed by atoms with Crippen LogP contribution in [-0.2, 0) is 16.6 Å². The number of primary sulfonamides is 1. The summed E-state index contributed by atoms with van der Waals surface area (Å²) in [4.78, 5) is 4.65. The molecule has 2 aromatic carbocycles. The SMILES string of the molecule is Cc1cc(NCc2ccc(Cl)c(Cl)c2)c2cccc(OCCC(C(C)C)S(N)(=O)=O)c2n1. The van der Waals surface area contributed by atoms with E-state index >= 15 is 0 Å². The van der Waals surface area contributed by atoms with Gasteiger partial charge in [0.1, 0.15) is 11.3 Å². The molecule has 1 aromatic heterocycles. The molecular formula is C23H27Cl2N3O3S. The van der Waals surface area contributed by atoms with E-state index in [0.717, 1.165) is 22.3 Å².